The Balaban J connectivity index is 1.39. The van der Waals surface area contributed by atoms with Crippen molar-refractivity contribution in [2.24, 2.45) is 0 Å². The van der Waals surface area contributed by atoms with Gasteiger partial charge in [-0.2, -0.15) is 0 Å². The number of fused-ring (bicyclic) bond motifs is 1. The molecule has 4 nitrogen and oxygen atoms in total. The van der Waals surface area contributed by atoms with Crippen LogP contribution in [0.15, 0.2) is 107 Å². The summed E-state index contributed by atoms with van der Waals surface area (Å²) in [6.45, 7) is 0.955. The normalized spacial score (nSPS) is 25.2. The molecule has 1 fully saturated rings. The van der Waals surface area contributed by atoms with Gasteiger partial charge in [-0.1, -0.05) is 90.6 Å². The molecule has 0 saturated carbocycles. The van der Waals surface area contributed by atoms with Gasteiger partial charge in [0.25, 0.3) is 0 Å². The van der Waals surface area contributed by atoms with Crippen LogP contribution in [0.25, 0.3) is 0 Å². The Kier molecular flexibility index (Phi) is 6.37. The summed E-state index contributed by atoms with van der Waals surface area (Å²) in [7, 11) is 0. The lowest BCUT2D eigenvalue weighted by Gasteiger charge is -2.42. The summed E-state index contributed by atoms with van der Waals surface area (Å²) in [5, 5.41) is 0. The van der Waals surface area contributed by atoms with E-state index in [1.165, 1.54) is 0 Å². The standard InChI is InChI=1S/C26H24O4S/c1-4-10-19(11-5-1)16-28-25-23(31-21-14-8-3-9-15-21)18-27-22-17-29-26(30-24(22)25)20-12-6-2-7-13-20/h1-15,18,22,24-26H,16-17H2/t22-,24-,25-,26?/m1/s1. The maximum atomic E-state index is 6.46. The highest BCUT2D eigenvalue weighted by molar-refractivity contribution is 8.03. The summed E-state index contributed by atoms with van der Waals surface area (Å²) >= 11 is 1.65. The molecule has 0 aromatic heterocycles. The molecule has 0 aliphatic carbocycles. The van der Waals surface area contributed by atoms with Gasteiger partial charge in [0, 0.05) is 10.5 Å². The smallest absolute Gasteiger partial charge is 0.184 e. The molecule has 5 heteroatoms. The lowest BCUT2D eigenvalue weighted by atomic mass is 10.0. The molecule has 1 saturated heterocycles. The molecule has 0 amide bonds. The molecule has 158 valence electrons. The molecule has 5 rings (SSSR count). The minimum atomic E-state index is -0.435. The van der Waals surface area contributed by atoms with Gasteiger partial charge in [-0.25, -0.2) is 0 Å². The Hall–Kier alpha value is -2.57. The Morgan fingerprint density at radius 1 is 0.839 bits per heavy atom. The Bertz CT molecular complexity index is 994. The highest BCUT2D eigenvalue weighted by Gasteiger charge is 2.44. The van der Waals surface area contributed by atoms with Gasteiger partial charge in [0.1, 0.15) is 12.2 Å². The van der Waals surface area contributed by atoms with Gasteiger partial charge in [-0.05, 0) is 17.7 Å². The first-order valence-electron chi connectivity index (χ1n) is 10.4. The molecule has 0 bridgehead atoms. The summed E-state index contributed by atoms with van der Waals surface area (Å²) in [6, 6.07) is 30.5. The van der Waals surface area contributed by atoms with Gasteiger partial charge in [-0.15, -0.1) is 0 Å². The number of benzene rings is 3. The van der Waals surface area contributed by atoms with Gasteiger partial charge in [0.2, 0.25) is 0 Å². The maximum Gasteiger partial charge on any atom is 0.184 e. The molecule has 2 heterocycles. The molecule has 1 unspecified atom stereocenters. The van der Waals surface area contributed by atoms with E-state index in [1.807, 2.05) is 73.0 Å². The molecule has 3 aromatic rings. The van der Waals surface area contributed by atoms with Crippen LogP contribution in [0.1, 0.15) is 17.4 Å². The molecule has 0 N–H and O–H groups in total. The summed E-state index contributed by atoms with van der Waals surface area (Å²) in [6.07, 6.45) is 0.651. The molecule has 3 aromatic carbocycles. The molecular formula is C26H24O4S. The second-order valence-corrected chi connectivity index (χ2v) is 8.65. The van der Waals surface area contributed by atoms with Gasteiger partial charge >= 0.3 is 0 Å². The topological polar surface area (TPSA) is 36.9 Å². The summed E-state index contributed by atoms with van der Waals surface area (Å²) in [5.41, 5.74) is 2.12. The van der Waals surface area contributed by atoms with E-state index in [-0.39, 0.29) is 18.3 Å². The number of rotatable bonds is 6. The van der Waals surface area contributed by atoms with Gasteiger partial charge in [0.15, 0.2) is 12.4 Å². The fourth-order valence-corrected chi connectivity index (χ4v) is 4.73. The molecule has 0 radical (unpaired) electrons. The summed E-state index contributed by atoms with van der Waals surface area (Å²) in [4.78, 5) is 2.13. The van der Waals surface area contributed by atoms with Crippen molar-refractivity contribution in [3.05, 3.63) is 113 Å². The van der Waals surface area contributed by atoms with Gasteiger partial charge < -0.3 is 18.9 Å². The zero-order valence-corrected chi connectivity index (χ0v) is 17.8. The fourth-order valence-electron chi connectivity index (χ4n) is 3.74. The SMILES string of the molecule is C1=C(Sc2ccccc2)[C@@H](OCc2ccccc2)[C@@H]2OC(c3ccccc3)OC[C@H]2O1. The molecule has 31 heavy (non-hydrogen) atoms. The van der Waals surface area contributed by atoms with Crippen LogP contribution >= 0.6 is 11.8 Å². The average Bonchev–Trinajstić information content (AvgIpc) is 2.85. The lowest BCUT2D eigenvalue weighted by molar-refractivity contribution is -0.281. The number of thioether (sulfide) groups is 1. The van der Waals surface area contributed by atoms with E-state index < -0.39 is 6.29 Å². The van der Waals surface area contributed by atoms with Crippen molar-refractivity contribution in [3.63, 3.8) is 0 Å². The van der Waals surface area contributed by atoms with E-state index >= 15 is 0 Å². The highest BCUT2D eigenvalue weighted by Crippen LogP contribution is 2.40. The number of hydrogen-bond donors (Lipinski definition) is 0. The first-order chi connectivity index (χ1) is 15.4. The Morgan fingerprint density at radius 3 is 2.26 bits per heavy atom. The fraction of sp³-hybridized carbons (Fsp3) is 0.231. The third kappa shape index (κ3) is 4.86. The molecular weight excluding hydrogens is 408 g/mol. The van der Waals surface area contributed by atoms with Crippen molar-refractivity contribution in [3.8, 4) is 0 Å². The molecule has 2 aliphatic heterocycles. The van der Waals surface area contributed by atoms with E-state index in [0.29, 0.717) is 13.2 Å². The third-order valence-electron chi connectivity index (χ3n) is 5.32. The van der Waals surface area contributed by atoms with Crippen molar-refractivity contribution in [2.45, 2.75) is 36.1 Å². The monoisotopic (exact) mass is 432 g/mol. The van der Waals surface area contributed by atoms with Gasteiger partial charge in [-0.3, -0.25) is 0 Å². The van der Waals surface area contributed by atoms with Crippen LogP contribution in [0.5, 0.6) is 0 Å². The average molecular weight is 433 g/mol. The van der Waals surface area contributed by atoms with Crippen LogP contribution in [-0.4, -0.2) is 24.9 Å². The number of ether oxygens (including phenoxy) is 4. The maximum absolute atomic E-state index is 6.46. The first kappa shape index (κ1) is 20.3. The van der Waals surface area contributed by atoms with E-state index in [2.05, 4.69) is 24.3 Å². The number of hydrogen-bond acceptors (Lipinski definition) is 5. The predicted molar refractivity (Wildman–Crippen MR) is 120 cm³/mol. The Labute approximate surface area is 186 Å². The molecule has 4 atom stereocenters. The van der Waals surface area contributed by atoms with Crippen LogP contribution < -0.4 is 0 Å². The van der Waals surface area contributed by atoms with E-state index in [0.717, 1.165) is 20.9 Å². The minimum absolute atomic E-state index is 0.208. The van der Waals surface area contributed by atoms with Crippen LogP contribution in [-0.2, 0) is 25.6 Å². The van der Waals surface area contributed by atoms with Crippen LogP contribution in [0.2, 0.25) is 0 Å². The van der Waals surface area contributed by atoms with E-state index in [9.17, 15) is 0 Å². The predicted octanol–water partition coefficient (Wildman–Crippen LogP) is 5.72. The van der Waals surface area contributed by atoms with E-state index in [4.69, 9.17) is 18.9 Å². The summed E-state index contributed by atoms with van der Waals surface area (Å²) in [5.74, 6) is 0. The largest absolute Gasteiger partial charge is 0.492 e. The zero-order chi connectivity index (χ0) is 20.9. The zero-order valence-electron chi connectivity index (χ0n) is 17.0. The van der Waals surface area contributed by atoms with Crippen molar-refractivity contribution in [1.29, 1.82) is 0 Å². The van der Waals surface area contributed by atoms with Crippen molar-refractivity contribution >= 4 is 11.8 Å². The third-order valence-corrected chi connectivity index (χ3v) is 6.39. The highest BCUT2D eigenvalue weighted by atomic mass is 32.2. The van der Waals surface area contributed by atoms with Crippen molar-refractivity contribution < 1.29 is 18.9 Å². The second-order valence-electron chi connectivity index (χ2n) is 7.50. The summed E-state index contributed by atoms with van der Waals surface area (Å²) < 4.78 is 24.9. The van der Waals surface area contributed by atoms with Crippen molar-refractivity contribution in [2.75, 3.05) is 6.61 Å². The molecule has 2 aliphatic rings. The van der Waals surface area contributed by atoms with Gasteiger partial charge in [0.05, 0.1) is 24.4 Å². The quantitative estimate of drug-likeness (QED) is 0.498. The van der Waals surface area contributed by atoms with Crippen molar-refractivity contribution in [1.82, 2.24) is 0 Å². The van der Waals surface area contributed by atoms with Crippen LogP contribution in [0.4, 0.5) is 0 Å². The second kappa shape index (κ2) is 9.71. The van der Waals surface area contributed by atoms with E-state index in [1.54, 1.807) is 11.8 Å². The first-order valence-corrected chi connectivity index (χ1v) is 11.2. The van der Waals surface area contributed by atoms with Crippen LogP contribution in [0, 0.1) is 0 Å². The van der Waals surface area contributed by atoms with Crippen LogP contribution in [0.3, 0.4) is 0 Å². The Morgan fingerprint density at radius 2 is 1.52 bits per heavy atom. The molecule has 0 spiro atoms. The lowest BCUT2D eigenvalue weighted by Crippen LogP contribution is -2.51. The minimum Gasteiger partial charge on any atom is -0.492 e.